The number of β-lactam (4-membered cyclic amide) rings is 1. The van der Waals surface area contributed by atoms with Gasteiger partial charge in [0.2, 0.25) is 6.10 Å². The molecule has 0 unspecified atom stereocenters. The van der Waals surface area contributed by atoms with Crippen LogP contribution in [0.15, 0.2) is 78.9 Å². The maximum Gasteiger partial charge on any atom is 0.326 e. The maximum atomic E-state index is 12.8. The molecular weight excluding hydrogens is 394 g/mol. The third kappa shape index (κ3) is 3.97. The number of carbonyl (C=O) groups is 2. The van der Waals surface area contributed by atoms with Crippen LogP contribution in [0.25, 0.3) is 11.1 Å². The van der Waals surface area contributed by atoms with E-state index in [0.717, 1.165) is 22.4 Å². The average Bonchev–Trinajstić information content (AvgIpc) is 2.81. The summed E-state index contributed by atoms with van der Waals surface area (Å²) in [7, 11) is 1.63. The Morgan fingerprint density at radius 2 is 1.61 bits per heavy atom. The lowest BCUT2D eigenvalue weighted by Crippen LogP contribution is -2.65. The van der Waals surface area contributed by atoms with Crippen LogP contribution in [0.5, 0.6) is 11.5 Å². The first-order valence-electron chi connectivity index (χ1n) is 10.0. The summed E-state index contributed by atoms with van der Waals surface area (Å²) < 4.78 is 11.2. The number of benzene rings is 3. The fourth-order valence-corrected chi connectivity index (χ4v) is 3.80. The van der Waals surface area contributed by atoms with Crippen LogP contribution in [0.4, 0.5) is 0 Å². The molecule has 6 nitrogen and oxygen atoms in total. The Hall–Kier alpha value is -3.80. The second-order valence-corrected chi connectivity index (χ2v) is 7.41. The van der Waals surface area contributed by atoms with Gasteiger partial charge in [0.15, 0.2) is 0 Å². The van der Waals surface area contributed by atoms with E-state index in [1.165, 1.54) is 11.8 Å². The molecule has 3 aromatic carbocycles. The number of ether oxygens (including phenoxy) is 2. The molecule has 0 bridgehead atoms. The van der Waals surface area contributed by atoms with Crippen molar-refractivity contribution >= 4 is 11.9 Å². The molecule has 3 aromatic rings. The van der Waals surface area contributed by atoms with E-state index in [9.17, 15) is 14.7 Å². The Balaban J connectivity index is 1.63. The van der Waals surface area contributed by atoms with E-state index in [0.29, 0.717) is 5.75 Å². The quantitative estimate of drug-likeness (QED) is 0.584. The van der Waals surface area contributed by atoms with E-state index < -0.39 is 24.2 Å². The number of carboxylic acids is 1. The molecule has 158 valence electrons. The van der Waals surface area contributed by atoms with Crippen molar-refractivity contribution in [1.82, 2.24) is 4.90 Å². The highest BCUT2D eigenvalue weighted by molar-refractivity contribution is 5.93. The highest BCUT2D eigenvalue weighted by atomic mass is 16.5. The molecule has 0 saturated carbocycles. The van der Waals surface area contributed by atoms with Gasteiger partial charge in [-0.05, 0) is 47.9 Å². The molecule has 1 aliphatic rings. The Morgan fingerprint density at radius 3 is 2.26 bits per heavy atom. The van der Waals surface area contributed by atoms with Gasteiger partial charge >= 0.3 is 5.97 Å². The first-order valence-corrected chi connectivity index (χ1v) is 10.0. The summed E-state index contributed by atoms with van der Waals surface area (Å²) in [5.74, 6) is -0.0458. The van der Waals surface area contributed by atoms with Gasteiger partial charge < -0.3 is 19.5 Å². The lowest BCUT2D eigenvalue weighted by molar-refractivity contribution is -0.175. The molecule has 1 heterocycles. The molecular formula is C25H23NO5. The zero-order valence-corrected chi connectivity index (χ0v) is 17.3. The van der Waals surface area contributed by atoms with Gasteiger partial charge in [-0.1, -0.05) is 54.6 Å². The Bertz CT molecular complexity index is 1080. The van der Waals surface area contributed by atoms with E-state index in [1.807, 2.05) is 66.7 Å². The van der Waals surface area contributed by atoms with Crippen LogP contribution in [0.2, 0.25) is 0 Å². The van der Waals surface area contributed by atoms with Gasteiger partial charge in [-0.25, -0.2) is 4.79 Å². The fourth-order valence-electron chi connectivity index (χ4n) is 3.80. The number of para-hydroxylation sites is 1. The van der Waals surface area contributed by atoms with Crippen molar-refractivity contribution in [1.29, 1.82) is 0 Å². The van der Waals surface area contributed by atoms with Crippen LogP contribution >= 0.6 is 0 Å². The van der Waals surface area contributed by atoms with Crippen molar-refractivity contribution in [2.45, 2.75) is 25.1 Å². The molecule has 4 rings (SSSR count). The van der Waals surface area contributed by atoms with Crippen LogP contribution in [-0.2, 0) is 9.59 Å². The molecule has 0 aromatic heterocycles. The summed E-state index contributed by atoms with van der Waals surface area (Å²) in [5, 5.41) is 9.47. The van der Waals surface area contributed by atoms with Gasteiger partial charge in [0.1, 0.15) is 23.6 Å². The normalized spacial score (nSPS) is 18.8. The highest BCUT2D eigenvalue weighted by Gasteiger charge is 2.53. The summed E-state index contributed by atoms with van der Waals surface area (Å²) in [5.41, 5.74) is 2.82. The van der Waals surface area contributed by atoms with Gasteiger partial charge in [0, 0.05) is 0 Å². The minimum atomic E-state index is -1.05. The number of hydrogen-bond acceptors (Lipinski definition) is 4. The summed E-state index contributed by atoms with van der Waals surface area (Å²) in [6, 6.07) is 23.1. The topological polar surface area (TPSA) is 76.1 Å². The lowest BCUT2D eigenvalue weighted by Gasteiger charge is -2.48. The number of amides is 1. The van der Waals surface area contributed by atoms with E-state index in [4.69, 9.17) is 9.47 Å². The SMILES string of the molecule is COc1cccc(-c2ccc([C@@H]3[C@H](Oc4ccccc4)C(=O)N3[C@@H](C)C(=O)O)cc2)c1. The minimum Gasteiger partial charge on any atom is -0.497 e. The van der Waals surface area contributed by atoms with Gasteiger partial charge in [0.05, 0.1) is 7.11 Å². The second kappa shape index (κ2) is 8.52. The number of nitrogens with zero attached hydrogens (tertiary/aromatic N) is 1. The Kier molecular flexibility index (Phi) is 5.62. The van der Waals surface area contributed by atoms with E-state index in [-0.39, 0.29) is 5.91 Å². The van der Waals surface area contributed by atoms with Crippen molar-refractivity contribution in [2.24, 2.45) is 0 Å². The molecule has 31 heavy (non-hydrogen) atoms. The predicted octanol–water partition coefficient (Wildman–Crippen LogP) is 4.17. The van der Waals surface area contributed by atoms with Crippen LogP contribution in [-0.4, -0.2) is 41.1 Å². The van der Waals surface area contributed by atoms with Crippen molar-refractivity contribution in [2.75, 3.05) is 7.11 Å². The number of hydrogen-bond donors (Lipinski definition) is 1. The number of carboxylic acid groups (broad SMARTS) is 1. The maximum absolute atomic E-state index is 12.8. The molecule has 0 radical (unpaired) electrons. The highest BCUT2D eigenvalue weighted by Crippen LogP contribution is 2.40. The molecule has 6 heteroatoms. The number of rotatable bonds is 7. The number of carbonyl (C=O) groups excluding carboxylic acids is 1. The third-order valence-corrected chi connectivity index (χ3v) is 5.52. The molecule has 1 saturated heterocycles. The summed E-state index contributed by atoms with van der Waals surface area (Å²) in [4.78, 5) is 25.7. The first kappa shape index (κ1) is 20.5. The minimum absolute atomic E-state index is 0.333. The van der Waals surface area contributed by atoms with Crippen molar-refractivity contribution in [3.63, 3.8) is 0 Å². The molecule has 0 aliphatic carbocycles. The van der Waals surface area contributed by atoms with Crippen LogP contribution < -0.4 is 9.47 Å². The van der Waals surface area contributed by atoms with E-state index in [2.05, 4.69) is 0 Å². The van der Waals surface area contributed by atoms with Gasteiger partial charge in [-0.3, -0.25) is 4.79 Å². The summed E-state index contributed by atoms with van der Waals surface area (Å²) in [6.07, 6.45) is -0.771. The van der Waals surface area contributed by atoms with Crippen LogP contribution in [0, 0.1) is 0 Å². The zero-order valence-electron chi connectivity index (χ0n) is 17.3. The van der Waals surface area contributed by atoms with Crippen LogP contribution in [0.1, 0.15) is 18.5 Å². The Labute approximate surface area is 180 Å². The number of methoxy groups -OCH3 is 1. The van der Waals surface area contributed by atoms with Crippen molar-refractivity contribution in [3.8, 4) is 22.6 Å². The van der Waals surface area contributed by atoms with Gasteiger partial charge in [-0.2, -0.15) is 0 Å². The molecule has 3 atom stereocenters. The number of likely N-dealkylation sites (tertiary alicyclic amines) is 1. The molecule has 1 fully saturated rings. The zero-order chi connectivity index (χ0) is 22.0. The predicted molar refractivity (Wildman–Crippen MR) is 116 cm³/mol. The van der Waals surface area contributed by atoms with Crippen molar-refractivity contribution < 1.29 is 24.2 Å². The van der Waals surface area contributed by atoms with Gasteiger partial charge in [-0.15, -0.1) is 0 Å². The average molecular weight is 417 g/mol. The lowest BCUT2D eigenvalue weighted by atomic mass is 9.87. The standard InChI is InChI=1S/C25H23NO5/c1-16(25(28)29)26-22(23(24(26)27)31-20-8-4-3-5-9-20)18-13-11-17(12-14-18)19-7-6-10-21(15-19)30-2/h3-16,22-23H,1-2H3,(H,28,29)/t16-,22+,23-/m0/s1. The van der Waals surface area contributed by atoms with Gasteiger partial charge in [0.25, 0.3) is 5.91 Å². The number of aliphatic carboxylic acids is 1. The van der Waals surface area contributed by atoms with E-state index >= 15 is 0 Å². The Morgan fingerprint density at radius 1 is 0.935 bits per heavy atom. The summed E-state index contributed by atoms with van der Waals surface area (Å²) >= 11 is 0. The van der Waals surface area contributed by atoms with E-state index in [1.54, 1.807) is 19.2 Å². The molecule has 1 aliphatic heterocycles. The van der Waals surface area contributed by atoms with Crippen LogP contribution in [0.3, 0.4) is 0 Å². The third-order valence-electron chi connectivity index (χ3n) is 5.52. The monoisotopic (exact) mass is 417 g/mol. The van der Waals surface area contributed by atoms with Crippen molar-refractivity contribution in [3.05, 3.63) is 84.4 Å². The molecule has 1 N–H and O–H groups in total. The molecule has 1 amide bonds. The smallest absolute Gasteiger partial charge is 0.326 e. The summed E-state index contributed by atoms with van der Waals surface area (Å²) in [6.45, 7) is 1.51. The molecule has 0 spiro atoms. The fraction of sp³-hybridized carbons (Fsp3) is 0.200. The second-order valence-electron chi connectivity index (χ2n) is 7.41. The largest absolute Gasteiger partial charge is 0.497 e. The first-order chi connectivity index (χ1) is 15.0.